The summed E-state index contributed by atoms with van der Waals surface area (Å²) in [5, 5.41) is 2.11. The average molecular weight is 346 g/mol. The fraction of sp³-hybridized carbons (Fsp3) is 0.579. The molecular formula is C19H27N3OS. The number of aryl methyl sites for hydroxylation is 3. The highest BCUT2D eigenvalue weighted by Gasteiger charge is 2.26. The van der Waals surface area contributed by atoms with Gasteiger partial charge in [-0.2, -0.15) is 0 Å². The van der Waals surface area contributed by atoms with Gasteiger partial charge in [-0.05, 0) is 50.0 Å². The Labute approximate surface area is 148 Å². The zero-order chi connectivity index (χ0) is 16.8. The second-order valence-corrected chi connectivity index (χ2v) is 7.69. The Morgan fingerprint density at radius 1 is 1.38 bits per heavy atom. The molecule has 0 aliphatic carbocycles. The van der Waals surface area contributed by atoms with E-state index in [1.807, 2.05) is 19.4 Å². The van der Waals surface area contributed by atoms with Gasteiger partial charge in [0.25, 0.3) is 0 Å². The molecule has 24 heavy (non-hydrogen) atoms. The zero-order valence-corrected chi connectivity index (χ0v) is 15.3. The lowest BCUT2D eigenvalue weighted by Gasteiger charge is -2.36. The summed E-state index contributed by atoms with van der Waals surface area (Å²) in [5.41, 5.74) is 0. The van der Waals surface area contributed by atoms with Crippen LogP contribution >= 0.6 is 11.3 Å². The lowest BCUT2D eigenvalue weighted by molar-refractivity contribution is -0.135. The van der Waals surface area contributed by atoms with E-state index in [1.165, 1.54) is 11.3 Å². The minimum Gasteiger partial charge on any atom is -0.340 e. The molecule has 2 aromatic rings. The number of aromatic nitrogens is 2. The molecule has 0 N–H and O–H groups in total. The minimum atomic E-state index is 0.344. The fourth-order valence-electron chi connectivity index (χ4n) is 3.57. The molecule has 1 saturated heterocycles. The summed E-state index contributed by atoms with van der Waals surface area (Å²) in [7, 11) is 2.04. The van der Waals surface area contributed by atoms with Gasteiger partial charge in [0.1, 0.15) is 5.82 Å². The summed E-state index contributed by atoms with van der Waals surface area (Å²) in [6, 6.07) is 4.64. The van der Waals surface area contributed by atoms with Crippen LogP contribution in [0.4, 0.5) is 0 Å². The molecule has 0 saturated carbocycles. The number of hydrogen-bond acceptors (Lipinski definition) is 3. The maximum atomic E-state index is 12.7. The fourth-order valence-corrected chi connectivity index (χ4v) is 4.33. The van der Waals surface area contributed by atoms with Crippen LogP contribution < -0.4 is 0 Å². The Hall–Kier alpha value is -1.62. The van der Waals surface area contributed by atoms with Crippen molar-refractivity contribution in [2.45, 2.75) is 57.4 Å². The maximum Gasteiger partial charge on any atom is 0.222 e. The lowest BCUT2D eigenvalue weighted by atomic mass is 9.97. The molecule has 0 spiro atoms. The summed E-state index contributed by atoms with van der Waals surface area (Å²) in [4.78, 5) is 20.6. The van der Waals surface area contributed by atoms with Gasteiger partial charge in [-0.1, -0.05) is 6.07 Å². The summed E-state index contributed by atoms with van der Waals surface area (Å²) in [6.45, 7) is 0.934. The van der Waals surface area contributed by atoms with Crippen molar-refractivity contribution >= 4 is 17.2 Å². The number of piperidine rings is 1. The van der Waals surface area contributed by atoms with E-state index in [1.54, 1.807) is 11.3 Å². The standard InChI is InChI=1S/C19H27N3OS/c1-21-14-12-20-18(21)11-10-16-6-2-3-13-22(16)19(23)9-4-7-17-8-5-15-24-17/h5,8,12,14-16H,2-4,6-7,9-11,13H2,1H3. The first-order chi connectivity index (χ1) is 11.7. The highest BCUT2D eigenvalue weighted by molar-refractivity contribution is 7.09. The molecule has 0 bridgehead atoms. The first kappa shape index (κ1) is 17.2. The quantitative estimate of drug-likeness (QED) is 0.765. The van der Waals surface area contributed by atoms with Crippen molar-refractivity contribution in [1.82, 2.24) is 14.5 Å². The molecule has 1 amide bonds. The molecule has 0 aromatic carbocycles. The Kier molecular flexibility index (Phi) is 6.07. The van der Waals surface area contributed by atoms with Gasteiger partial charge in [0, 0.05) is 49.7 Å². The van der Waals surface area contributed by atoms with Crippen LogP contribution in [0, 0.1) is 0 Å². The monoisotopic (exact) mass is 345 g/mol. The van der Waals surface area contributed by atoms with Crippen molar-refractivity contribution in [1.29, 1.82) is 0 Å². The Bertz CT molecular complexity index is 635. The van der Waals surface area contributed by atoms with Crippen LogP contribution in [0.2, 0.25) is 0 Å². The smallest absolute Gasteiger partial charge is 0.222 e. The molecule has 1 aliphatic rings. The lowest BCUT2D eigenvalue weighted by Crippen LogP contribution is -2.44. The summed E-state index contributed by atoms with van der Waals surface area (Å²) < 4.78 is 2.08. The largest absolute Gasteiger partial charge is 0.340 e. The third-order valence-electron chi connectivity index (χ3n) is 4.96. The first-order valence-corrected chi connectivity index (χ1v) is 9.90. The summed E-state index contributed by atoms with van der Waals surface area (Å²) in [5.74, 6) is 1.46. The van der Waals surface area contributed by atoms with Gasteiger partial charge < -0.3 is 9.47 Å². The summed E-state index contributed by atoms with van der Waals surface area (Å²) >= 11 is 1.78. The van der Waals surface area contributed by atoms with Crippen LogP contribution in [-0.2, 0) is 24.7 Å². The number of imidazole rings is 1. The molecule has 1 fully saturated rings. The number of carbonyl (C=O) groups excluding carboxylic acids is 1. The molecule has 2 aromatic heterocycles. The van der Waals surface area contributed by atoms with E-state index in [0.29, 0.717) is 18.4 Å². The Morgan fingerprint density at radius 3 is 3.04 bits per heavy atom. The number of nitrogens with zero attached hydrogens (tertiary/aromatic N) is 3. The molecule has 1 unspecified atom stereocenters. The van der Waals surface area contributed by atoms with E-state index in [4.69, 9.17) is 0 Å². The second kappa shape index (κ2) is 8.47. The van der Waals surface area contributed by atoms with Crippen molar-refractivity contribution in [2.24, 2.45) is 7.05 Å². The minimum absolute atomic E-state index is 0.344. The van der Waals surface area contributed by atoms with Crippen molar-refractivity contribution < 1.29 is 4.79 Å². The van der Waals surface area contributed by atoms with Crippen molar-refractivity contribution in [2.75, 3.05) is 6.54 Å². The predicted molar refractivity (Wildman–Crippen MR) is 98.1 cm³/mol. The van der Waals surface area contributed by atoms with Crippen molar-refractivity contribution in [3.05, 3.63) is 40.6 Å². The van der Waals surface area contributed by atoms with Crippen molar-refractivity contribution in [3.63, 3.8) is 0 Å². The van der Waals surface area contributed by atoms with Gasteiger partial charge in [-0.15, -0.1) is 11.3 Å². The Morgan fingerprint density at radius 2 is 2.29 bits per heavy atom. The van der Waals surface area contributed by atoms with Gasteiger partial charge in [0.15, 0.2) is 0 Å². The van der Waals surface area contributed by atoms with Gasteiger partial charge in [0.05, 0.1) is 0 Å². The van der Waals surface area contributed by atoms with Gasteiger partial charge >= 0.3 is 0 Å². The zero-order valence-electron chi connectivity index (χ0n) is 14.5. The number of amides is 1. The van der Waals surface area contributed by atoms with E-state index in [9.17, 15) is 4.79 Å². The number of rotatable bonds is 7. The average Bonchev–Trinajstić information content (AvgIpc) is 3.25. The van der Waals surface area contributed by atoms with Crippen LogP contribution in [0.15, 0.2) is 29.9 Å². The number of thiophene rings is 1. The summed E-state index contributed by atoms with van der Waals surface area (Å²) in [6.07, 6.45) is 12.0. The third kappa shape index (κ3) is 4.47. The van der Waals surface area contributed by atoms with E-state index in [-0.39, 0.29) is 0 Å². The van der Waals surface area contributed by atoms with Crippen LogP contribution in [0.5, 0.6) is 0 Å². The molecule has 4 nitrogen and oxygen atoms in total. The number of hydrogen-bond donors (Lipinski definition) is 0. The SMILES string of the molecule is Cn1ccnc1CCC1CCCCN1C(=O)CCCc1cccs1. The topological polar surface area (TPSA) is 38.1 Å². The molecule has 130 valence electrons. The number of likely N-dealkylation sites (tertiary alicyclic amines) is 1. The first-order valence-electron chi connectivity index (χ1n) is 9.02. The molecule has 1 aliphatic heterocycles. The normalized spacial score (nSPS) is 18.0. The highest BCUT2D eigenvalue weighted by Crippen LogP contribution is 2.23. The van der Waals surface area contributed by atoms with Gasteiger partial charge in [0.2, 0.25) is 5.91 Å². The van der Waals surface area contributed by atoms with Crippen LogP contribution in [0.25, 0.3) is 0 Å². The second-order valence-electron chi connectivity index (χ2n) is 6.66. The predicted octanol–water partition coefficient (Wildman–Crippen LogP) is 3.82. The number of carbonyl (C=O) groups is 1. The molecule has 0 radical (unpaired) electrons. The molecular weight excluding hydrogens is 318 g/mol. The maximum absolute atomic E-state index is 12.7. The van der Waals surface area contributed by atoms with Crippen LogP contribution in [-0.4, -0.2) is 32.9 Å². The van der Waals surface area contributed by atoms with Crippen LogP contribution in [0.1, 0.15) is 49.2 Å². The van der Waals surface area contributed by atoms with E-state index in [0.717, 1.165) is 50.9 Å². The van der Waals surface area contributed by atoms with Crippen LogP contribution in [0.3, 0.4) is 0 Å². The van der Waals surface area contributed by atoms with Crippen molar-refractivity contribution in [3.8, 4) is 0 Å². The molecule has 5 heteroatoms. The van der Waals surface area contributed by atoms with Gasteiger partial charge in [-0.3, -0.25) is 4.79 Å². The highest BCUT2D eigenvalue weighted by atomic mass is 32.1. The molecule has 1 atom stereocenters. The molecule has 3 heterocycles. The van der Waals surface area contributed by atoms with E-state index in [2.05, 4.69) is 32.0 Å². The van der Waals surface area contributed by atoms with E-state index >= 15 is 0 Å². The van der Waals surface area contributed by atoms with Gasteiger partial charge in [-0.25, -0.2) is 4.98 Å². The Balaban J connectivity index is 1.49. The van der Waals surface area contributed by atoms with E-state index < -0.39 is 0 Å². The molecule has 3 rings (SSSR count). The third-order valence-corrected chi connectivity index (χ3v) is 5.90.